The van der Waals surface area contributed by atoms with Gasteiger partial charge in [0.25, 0.3) is 0 Å². The van der Waals surface area contributed by atoms with Gasteiger partial charge in [0.1, 0.15) is 5.82 Å². The number of piperazine rings is 1. The van der Waals surface area contributed by atoms with Crippen molar-refractivity contribution in [3.05, 3.63) is 29.8 Å². The van der Waals surface area contributed by atoms with Gasteiger partial charge in [0.2, 0.25) is 11.8 Å². The summed E-state index contributed by atoms with van der Waals surface area (Å²) in [6.45, 7) is 7.70. The van der Waals surface area contributed by atoms with Crippen molar-refractivity contribution in [3.8, 4) is 0 Å². The second kappa shape index (κ2) is 10.9. The third kappa shape index (κ3) is 5.94. The van der Waals surface area contributed by atoms with E-state index in [1.54, 1.807) is 24.3 Å². The van der Waals surface area contributed by atoms with Crippen molar-refractivity contribution in [2.45, 2.75) is 33.1 Å². The molecule has 32 heavy (non-hydrogen) atoms. The molecule has 1 saturated heterocycles. The van der Waals surface area contributed by atoms with Gasteiger partial charge in [0, 0.05) is 50.2 Å². The van der Waals surface area contributed by atoms with E-state index in [1.807, 2.05) is 18.7 Å². The van der Waals surface area contributed by atoms with Crippen molar-refractivity contribution in [2.24, 2.45) is 0 Å². The Morgan fingerprint density at radius 3 is 2.44 bits per heavy atom. The summed E-state index contributed by atoms with van der Waals surface area (Å²) in [6.07, 6.45) is 2.06. The van der Waals surface area contributed by atoms with Gasteiger partial charge in [-0.2, -0.15) is 0 Å². The predicted molar refractivity (Wildman–Crippen MR) is 124 cm³/mol. The zero-order valence-electron chi connectivity index (χ0n) is 18.7. The number of aromatic carboxylic acids is 1. The van der Waals surface area contributed by atoms with E-state index in [2.05, 4.69) is 20.5 Å². The topological polar surface area (TPSA) is 115 Å². The number of hydrogen-bond acceptors (Lipinski definition) is 6. The Morgan fingerprint density at radius 1 is 1.03 bits per heavy atom. The molecule has 1 aliphatic heterocycles. The van der Waals surface area contributed by atoms with Crippen molar-refractivity contribution in [3.63, 3.8) is 0 Å². The van der Waals surface area contributed by atoms with E-state index in [1.165, 1.54) is 0 Å². The van der Waals surface area contributed by atoms with Crippen LogP contribution in [0.15, 0.2) is 24.3 Å². The monoisotopic (exact) mass is 441 g/mol. The number of fused-ring (bicyclic) bond motifs is 1. The number of carboxylic acids is 1. The number of carbonyl (C=O) groups is 3. The first kappa shape index (κ1) is 23.5. The molecule has 172 valence electrons. The van der Waals surface area contributed by atoms with E-state index in [9.17, 15) is 19.5 Å². The predicted octanol–water partition coefficient (Wildman–Crippen LogP) is 2.32. The number of anilines is 2. The van der Waals surface area contributed by atoms with E-state index in [4.69, 9.17) is 0 Å². The third-order valence-corrected chi connectivity index (χ3v) is 5.42. The molecule has 0 unspecified atom stereocenters. The number of carbonyl (C=O) groups excluding carboxylic acids is 2. The highest BCUT2D eigenvalue weighted by Crippen LogP contribution is 2.27. The Bertz CT molecular complexity index is 986. The SMILES string of the molecule is CCCNC(=O)CN1CCN(c2cc(C(=O)O)c3cc(NC(=O)CCC)ccc3n2)CC1. The molecule has 9 heteroatoms. The van der Waals surface area contributed by atoms with Gasteiger partial charge in [-0.25, -0.2) is 9.78 Å². The van der Waals surface area contributed by atoms with Gasteiger partial charge in [0.05, 0.1) is 17.6 Å². The van der Waals surface area contributed by atoms with Crippen LogP contribution in [-0.4, -0.2) is 72.0 Å². The summed E-state index contributed by atoms with van der Waals surface area (Å²) in [5, 5.41) is 16.0. The van der Waals surface area contributed by atoms with Crippen LogP contribution in [0.1, 0.15) is 43.5 Å². The first-order valence-corrected chi connectivity index (χ1v) is 11.1. The lowest BCUT2D eigenvalue weighted by molar-refractivity contribution is -0.122. The summed E-state index contributed by atoms with van der Waals surface area (Å²) in [5.74, 6) is -0.511. The van der Waals surface area contributed by atoms with Gasteiger partial charge in [-0.15, -0.1) is 0 Å². The fourth-order valence-corrected chi connectivity index (χ4v) is 3.74. The molecule has 0 aliphatic carbocycles. The Kier molecular flexibility index (Phi) is 7.99. The third-order valence-electron chi connectivity index (χ3n) is 5.42. The van der Waals surface area contributed by atoms with Crippen LogP contribution in [0.5, 0.6) is 0 Å². The normalized spacial score (nSPS) is 14.4. The van der Waals surface area contributed by atoms with E-state index < -0.39 is 5.97 Å². The Morgan fingerprint density at radius 2 is 1.78 bits per heavy atom. The van der Waals surface area contributed by atoms with Crippen LogP contribution in [-0.2, 0) is 9.59 Å². The minimum Gasteiger partial charge on any atom is -0.478 e. The smallest absolute Gasteiger partial charge is 0.336 e. The summed E-state index contributed by atoms with van der Waals surface area (Å²) in [5.41, 5.74) is 1.27. The van der Waals surface area contributed by atoms with Crippen molar-refractivity contribution in [2.75, 3.05) is 49.5 Å². The zero-order chi connectivity index (χ0) is 23.1. The number of nitrogens with zero attached hydrogens (tertiary/aromatic N) is 3. The molecule has 1 aromatic carbocycles. The lowest BCUT2D eigenvalue weighted by atomic mass is 10.1. The molecule has 0 bridgehead atoms. The number of carboxylic acid groups (broad SMARTS) is 1. The van der Waals surface area contributed by atoms with Gasteiger partial charge in [0.15, 0.2) is 0 Å². The maximum absolute atomic E-state index is 12.0. The molecule has 3 rings (SSSR count). The number of rotatable bonds is 9. The summed E-state index contributed by atoms with van der Waals surface area (Å²) in [4.78, 5) is 44.6. The molecular weight excluding hydrogens is 410 g/mol. The quantitative estimate of drug-likeness (QED) is 0.547. The fraction of sp³-hybridized carbons (Fsp3) is 0.478. The maximum atomic E-state index is 12.0. The van der Waals surface area contributed by atoms with Gasteiger partial charge in [-0.05, 0) is 37.1 Å². The minimum absolute atomic E-state index is 0.0270. The first-order chi connectivity index (χ1) is 15.4. The molecule has 0 atom stereocenters. The molecule has 2 amide bonds. The summed E-state index contributed by atoms with van der Waals surface area (Å²) >= 11 is 0. The van der Waals surface area contributed by atoms with Crippen LogP contribution >= 0.6 is 0 Å². The fourth-order valence-electron chi connectivity index (χ4n) is 3.74. The lowest BCUT2D eigenvalue weighted by Crippen LogP contribution is -2.49. The summed E-state index contributed by atoms with van der Waals surface area (Å²) in [7, 11) is 0. The molecule has 2 heterocycles. The van der Waals surface area contributed by atoms with Crippen molar-refractivity contribution < 1.29 is 19.5 Å². The highest BCUT2D eigenvalue weighted by molar-refractivity contribution is 6.05. The van der Waals surface area contributed by atoms with Crippen LogP contribution in [0.2, 0.25) is 0 Å². The van der Waals surface area contributed by atoms with Crippen molar-refractivity contribution >= 4 is 40.2 Å². The standard InChI is InChI=1S/C23H31N5O4/c1-3-5-21(29)25-16-6-7-19-17(13-16)18(23(31)32)14-20(26-19)28-11-9-27(10-12-28)15-22(30)24-8-4-2/h6-7,13-14H,3-5,8-12,15H2,1-2H3,(H,24,30)(H,25,29)(H,31,32). The van der Waals surface area contributed by atoms with Crippen LogP contribution in [0.25, 0.3) is 10.9 Å². The Balaban J connectivity index is 1.75. The zero-order valence-corrected chi connectivity index (χ0v) is 18.7. The highest BCUT2D eigenvalue weighted by atomic mass is 16.4. The molecule has 0 radical (unpaired) electrons. The second-order valence-corrected chi connectivity index (χ2v) is 7.98. The molecule has 1 aliphatic rings. The first-order valence-electron chi connectivity index (χ1n) is 11.1. The van der Waals surface area contributed by atoms with Gasteiger partial charge < -0.3 is 20.6 Å². The van der Waals surface area contributed by atoms with Crippen LogP contribution in [0.4, 0.5) is 11.5 Å². The number of amides is 2. The van der Waals surface area contributed by atoms with E-state index in [0.29, 0.717) is 68.1 Å². The lowest BCUT2D eigenvalue weighted by Gasteiger charge is -2.35. The summed E-state index contributed by atoms with van der Waals surface area (Å²) < 4.78 is 0. The molecule has 1 aromatic heterocycles. The van der Waals surface area contributed by atoms with Crippen LogP contribution in [0, 0.1) is 0 Å². The minimum atomic E-state index is -1.04. The van der Waals surface area contributed by atoms with Gasteiger partial charge in [-0.3, -0.25) is 14.5 Å². The number of pyridine rings is 1. The molecular formula is C23H31N5O4. The Hall–Kier alpha value is -3.20. The maximum Gasteiger partial charge on any atom is 0.336 e. The Labute approximate surface area is 187 Å². The molecule has 0 spiro atoms. The largest absolute Gasteiger partial charge is 0.478 e. The van der Waals surface area contributed by atoms with Crippen molar-refractivity contribution in [1.29, 1.82) is 0 Å². The average molecular weight is 442 g/mol. The van der Waals surface area contributed by atoms with Crippen LogP contribution < -0.4 is 15.5 Å². The number of benzene rings is 1. The second-order valence-electron chi connectivity index (χ2n) is 7.98. The molecule has 1 fully saturated rings. The summed E-state index contributed by atoms with van der Waals surface area (Å²) in [6, 6.07) is 6.73. The van der Waals surface area contributed by atoms with Gasteiger partial charge in [-0.1, -0.05) is 13.8 Å². The van der Waals surface area contributed by atoms with Crippen molar-refractivity contribution in [1.82, 2.24) is 15.2 Å². The molecule has 2 aromatic rings. The molecule has 3 N–H and O–H groups in total. The van der Waals surface area contributed by atoms with Crippen LogP contribution in [0.3, 0.4) is 0 Å². The highest BCUT2D eigenvalue weighted by Gasteiger charge is 2.22. The molecule has 9 nitrogen and oxygen atoms in total. The number of nitrogens with one attached hydrogen (secondary N) is 2. The number of aromatic nitrogens is 1. The van der Waals surface area contributed by atoms with E-state index >= 15 is 0 Å². The number of hydrogen-bond donors (Lipinski definition) is 3. The molecule has 0 saturated carbocycles. The van der Waals surface area contributed by atoms with E-state index in [0.717, 1.165) is 12.8 Å². The van der Waals surface area contributed by atoms with E-state index in [-0.39, 0.29) is 17.4 Å². The average Bonchev–Trinajstić information content (AvgIpc) is 2.77. The van der Waals surface area contributed by atoms with Gasteiger partial charge >= 0.3 is 5.97 Å².